The van der Waals surface area contributed by atoms with Gasteiger partial charge in [-0.1, -0.05) is 0 Å². The van der Waals surface area contributed by atoms with Crippen LogP contribution in [0.1, 0.15) is 37.7 Å². The summed E-state index contributed by atoms with van der Waals surface area (Å²) in [6, 6.07) is 1.38. The molecule has 7 nitrogen and oxygen atoms in total. The fraction of sp³-hybridized carbons (Fsp3) is 0.538. The van der Waals surface area contributed by atoms with Crippen molar-refractivity contribution in [1.29, 1.82) is 0 Å². The SMILES string of the molecule is Cc1nccc(CNC(=O)NC(C)CCCC(=O)O)n1. The average molecular weight is 280 g/mol. The third-order valence-corrected chi connectivity index (χ3v) is 2.67. The van der Waals surface area contributed by atoms with Gasteiger partial charge in [0.1, 0.15) is 5.82 Å². The van der Waals surface area contributed by atoms with Gasteiger partial charge in [0.2, 0.25) is 0 Å². The van der Waals surface area contributed by atoms with E-state index in [1.807, 2.05) is 6.92 Å². The van der Waals surface area contributed by atoms with Gasteiger partial charge in [0, 0.05) is 18.7 Å². The summed E-state index contributed by atoms with van der Waals surface area (Å²) in [4.78, 5) is 30.2. The van der Waals surface area contributed by atoms with Crippen molar-refractivity contribution in [3.8, 4) is 0 Å². The average Bonchev–Trinajstić information content (AvgIpc) is 2.36. The maximum Gasteiger partial charge on any atom is 0.315 e. The Hall–Kier alpha value is -2.18. The molecule has 0 saturated carbocycles. The quantitative estimate of drug-likeness (QED) is 0.696. The number of aliphatic carboxylic acids is 1. The lowest BCUT2D eigenvalue weighted by Gasteiger charge is -2.14. The van der Waals surface area contributed by atoms with Gasteiger partial charge in [-0.05, 0) is 32.8 Å². The van der Waals surface area contributed by atoms with Gasteiger partial charge in [-0.25, -0.2) is 14.8 Å². The normalized spacial score (nSPS) is 11.7. The summed E-state index contributed by atoms with van der Waals surface area (Å²) < 4.78 is 0. The lowest BCUT2D eigenvalue weighted by molar-refractivity contribution is -0.137. The van der Waals surface area contributed by atoms with Gasteiger partial charge >= 0.3 is 12.0 Å². The summed E-state index contributed by atoms with van der Waals surface area (Å²) in [5.41, 5.74) is 0.742. The molecule has 1 atom stereocenters. The minimum atomic E-state index is -0.819. The van der Waals surface area contributed by atoms with Crippen LogP contribution >= 0.6 is 0 Å². The predicted octanol–water partition coefficient (Wildman–Crippen LogP) is 1.23. The van der Waals surface area contributed by atoms with Crippen molar-refractivity contribution in [2.45, 2.75) is 45.7 Å². The standard InChI is InChI=1S/C13H20N4O3/c1-9(4-3-5-12(18)19)16-13(20)15-8-11-6-7-14-10(2)17-11/h6-7,9H,3-5,8H2,1-2H3,(H,18,19)(H2,15,16,20). The van der Waals surface area contributed by atoms with E-state index in [-0.39, 0.29) is 18.5 Å². The van der Waals surface area contributed by atoms with E-state index in [0.29, 0.717) is 25.2 Å². The van der Waals surface area contributed by atoms with Gasteiger partial charge in [-0.2, -0.15) is 0 Å². The first kappa shape index (κ1) is 15.9. The number of aryl methyl sites for hydroxylation is 1. The predicted molar refractivity (Wildman–Crippen MR) is 73.1 cm³/mol. The monoisotopic (exact) mass is 280 g/mol. The highest BCUT2D eigenvalue weighted by Crippen LogP contribution is 2.00. The molecule has 0 aliphatic carbocycles. The molecule has 1 unspecified atom stereocenters. The summed E-state index contributed by atoms with van der Waals surface area (Å²) in [5.74, 6) is -0.160. The Morgan fingerprint density at radius 3 is 2.85 bits per heavy atom. The lowest BCUT2D eigenvalue weighted by atomic mass is 10.1. The van der Waals surface area contributed by atoms with E-state index in [4.69, 9.17) is 5.11 Å². The number of urea groups is 1. The zero-order valence-corrected chi connectivity index (χ0v) is 11.7. The third-order valence-electron chi connectivity index (χ3n) is 2.67. The molecule has 110 valence electrons. The van der Waals surface area contributed by atoms with E-state index in [0.717, 1.165) is 5.69 Å². The molecule has 1 heterocycles. The first-order chi connectivity index (χ1) is 9.47. The number of nitrogens with one attached hydrogen (secondary N) is 2. The third kappa shape index (κ3) is 6.67. The molecule has 0 aromatic carbocycles. The van der Waals surface area contributed by atoms with Gasteiger partial charge in [-0.3, -0.25) is 4.79 Å². The molecular weight excluding hydrogens is 260 g/mol. The van der Waals surface area contributed by atoms with Crippen molar-refractivity contribution in [3.63, 3.8) is 0 Å². The highest BCUT2D eigenvalue weighted by Gasteiger charge is 2.08. The summed E-state index contributed by atoms with van der Waals surface area (Å²) in [5, 5.41) is 14.0. The van der Waals surface area contributed by atoms with E-state index in [1.54, 1.807) is 19.2 Å². The van der Waals surface area contributed by atoms with Crippen LogP contribution in [-0.2, 0) is 11.3 Å². The second kappa shape index (κ2) is 8.08. The molecular formula is C13H20N4O3. The molecule has 0 aliphatic heterocycles. The number of amides is 2. The molecule has 1 aromatic heterocycles. The Morgan fingerprint density at radius 2 is 2.20 bits per heavy atom. The molecule has 3 N–H and O–H groups in total. The molecule has 20 heavy (non-hydrogen) atoms. The van der Waals surface area contributed by atoms with E-state index in [9.17, 15) is 9.59 Å². The van der Waals surface area contributed by atoms with Crippen molar-refractivity contribution in [1.82, 2.24) is 20.6 Å². The number of carbonyl (C=O) groups excluding carboxylic acids is 1. The number of hydrogen-bond acceptors (Lipinski definition) is 4. The zero-order valence-electron chi connectivity index (χ0n) is 11.7. The number of hydrogen-bond donors (Lipinski definition) is 3. The minimum absolute atomic E-state index is 0.0681. The smallest absolute Gasteiger partial charge is 0.315 e. The molecule has 2 amide bonds. The largest absolute Gasteiger partial charge is 0.481 e. The first-order valence-electron chi connectivity index (χ1n) is 6.52. The minimum Gasteiger partial charge on any atom is -0.481 e. The molecule has 1 rings (SSSR count). The number of carbonyl (C=O) groups is 2. The highest BCUT2D eigenvalue weighted by molar-refractivity contribution is 5.74. The van der Waals surface area contributed by atoms with Crippen molar-refractivity contribution in [2.24, 2.45) is 0 Å². The summed E-state index contributed by atoms with van der Waals surface area (Å²) >= 11 is 0. The van der Waals surface area contributed by atoms with Crippen LogP contribution in [0.2, 0.25) is 0 Å². The Kier molecular flexibility index (Phi) is 6.42. The highest BCUT2D eigenvalue weighted by atomic mass is 16.4. The topological polar surface area (TPSA) is 104 Å². The number of rotatable bonds is 7. The first-order valence-corrected chi connectivity index (χ1v) is 6.52. The zero-order chi connectivity index (χ0) is 15.0. The molecule has 0 spiro atoms. The maximum absolute atomic E-state index is 11.6. The van der Waals surface area contributed by atoms with Crippen LogP contribution in [0.25, 0.3) is 0 Å². The summed E-state index contributed by atoms with van der Waals surface area (Å²) in [6.45, 7) is 3.96. The van der Waals surface area contributed by atoms with E-state index in [1.165, 1.54) is 0 Å². The van der Waals surface area contributed by atoms with Gasteiger partial charge in [0.15, 0.2) is 0 Å². The molecule has 0 bridgehead atoms. The van der Waals surface area contributed by atoms with Crippen LogP contribution in [0.3, 0.4) is 0 Å². The van der Waals surface area contributed by atoms with Crippen LogP contribution in [-0.4, -0.2) is 33.1 Å². The summed E-state index contributed by atoms with van der Waals surface area (Å²) in [7, 11) is 0. The number of carboxylic acids is 1. The molecule has 0 radical (unpaired) electrons. The number of aromatic nitrogens is 2. The molecule has 1 aromatic rings. The van der Waals surface area contributed by atoms with Crippen LogP contribution < -0.4 is 10.6 Å². The Labute approximate surface area is 117 Å². The van der Waals surface area contributed by atoms with Crippen LogP contribution in [0, 0.1) is 6.92 Å². The van der Waals surface area contributed by atoms with E-state index in [2.05, 4.69) is 20.6 Å². The lowest BCUT2D eigenvalue weighted by Crippen LogP contribution is -2.40. The number of nitrogens with zero attached hydrogens (tertiary/aromatic N) is 2. The van der Waals surface area contributed by atoms with Crippen molar-refractivity contribution in [2.75, 3.05) is 0 Å². The second-order valence-electron chi connectivity index (χ2n) is 4.61. The number of carboxylic acid groups (broad SMARTS) is 1. The van der Waals surface area contributed by atoms with E-state index >= 15 is 0 Å². The van der Waals surface area contributed by atoms with Gasteiger partial charge in [-0.15, -0.1) is 0 Å². The Bertz CT molecular complexity index is 465. The summed E-state index contributed by atoms with van der Waals surface area (Å²) in [6.07, 6.45) is 2.94. The van der Waals surface area contributed by atoms with Crippen molar-refractivity contribution < 1.29 is 14.7 Å². The van der Waals surface area contributed by atoms with Crippen LogP contribution in [0.15, 0.2) is 12.3 Å². The van der Waals surface area contributed by atoms with Crippen molar-refractivity contribution >= 4 is 12.0 Å². The van der Waals surface area contributed by atoms with Crippen molar-refractivity contribution in [3.05, 3.63) is 23.8 Å². The van der Waals surface area contributed by atoms with E-state index < -0.39 is 5.97 Å². The molecule has 0 fully saturated rings. The maximum atomic E-state index is 11.6. The van der Waals surface area contributed by atoms with Gasteiger partial charge < -0.3 is 15.7 Å². The van der Waals surface area contributed by atoms with Gasteiger partial charge in [0.05, 0.1) is 12.2 Å². The fourth-order valence-corrected chi connectivity index (χ4v) is 1.68. The molecule has 0 aliphatic rings. The van der Waals surface area contributed by atoms with Gasteiger partial charge in [0.25, 0.3) is 0 Å². The second-order valence-corrected chi connectivity index (χ2v) is 4.61. The molecule has 0 saturated heterocycles. The van der Waals surface area contributed by atoms with Crippen LogP contribution in [0.5, 0.6) is 0 Å². The molecule has 7 heteroatoms. The Morgan fingerprint density at radius 1 is 1.45 bits per heavy atom. The fourth-order valence-electron chi connectivity index (χ4n) is 1.68. The van der Waals surface area contributed by atoms with Crippen LogP contribution in [0.4, 0.5) is 4.79 Å². The Balaban J connectivity index is 2.24.